The lowest BCUT2D eigenvalue weighted by atomic mass is 10.4. The van der Waals surface area contributed by atoms with Gasteiger partial charge in [-0.05, 0) is 13.8 Å². The van der Waals surface area contributed by atoms with Crippen molar-refractivity contribution in [2.45, 2.75) is 20.4 Å². The van der Waals surface area contributed by atoms with Crippen LogP contribution in [0, 0.1) is 0 Å². The number of aromatic nitrogens is 2. The van der Waals surface area contributed by atoms with Crippen LogP contribution in [0.15, 0.2) is 17.4 Å². The summed E-state index contributed by atoms with van der Waals surface area (Å²) in [4.78, 5) is 4.43. The number of hydrogen-bond donors (Lipinski definition) is 2. The number of guanidine groups is 1. The smallest absolute Gasteiger partial charge is 0.191 e. The quantitative estimate of drug-likeness (QED) is 0.560. The lowest BCUT2D eigenvalue weighted by Crippen LogP contribution is -2.36. The van der Waals surface area contributed by atoms with Gasteiger partial charge < -0.3 is 10.6 Å². The van der Waals surface area contributed by atoms with Gasteiger partial charge in [-0.15, -0.1) is 0 Å². The maximum absolute atomic E-state index is 4.43. The Kier molecular flexibility index (Phi) is 4.66. The number of nitrogens with one attached hydrogen (secondary N) is 2. The molecule has 0 atom stereocenters. The summed E-state index contributed by atoms with van der Waals surface area (Å²) in [6.07, 6.45) is 3.80. The zero-order chi connectivity index (χ0) is 11.1. The van der Waals surface area contributed by atoms with E-state index in [0.29, 0.717) is 6.54 Å². The average Bonchev–Trinajstić information content (AvgIpc) is 2.61. The summed E-state index contributed by atoms with van der Waals surface area (Å²) < 4.78 is 1.78. The molecule has 1 rings (SSSR count). The third kappa shape index (κ3) is 4.01. The first kappa shape index (κ1) is 11.6. The summed E-state index contributed by atoms with van der Waals surface area (Å²) in [5.41, 5.74) is 1.12. The fourth-order valence-corrected chi connectivity index (χ4v) is 1.23. The zero-order valence-corrected chi connectivity index (χ0v) is 9.62. The Hall–Kier alpha value is -1.52. The van der Waals surface area contributed by atoms with Crippen LogP contribution >= 0.6 is 0 Å². The van der Waals surface area contributed by atoms with E-state index in [4.69, 9.17) is 0 Å². The Labute approximate surface area is 90.6 Å². The number of aryl methyl sites for hydroxylation is 1. The number of nitrogens with zero attached hydrogens (tertiary/aromatic N) is 3. The summed E-state index contributed by atoms with van der Waals surface area (Å²) in [5.74, 6) is 0.851. The van der Waals surface area contributed by atoms with Gasteiger partial charge >= 0.3 is 0 Å². The average molecular weight is 209 g/mol. The topological polar surface area (TPSA) is 54.2 Å². The highest BCUT2D eigenvalue weighted by molar-refractivity contribution is 5.79. The van der Waals surface area contributed by atoms with E-state index in [1.54, 1.807) is 4.68 Å². The van der Waals surface area contributed by atoms with Crippen molar-refractivity contribution in [2.24, 2.45) is 12.0 Å². The summed E-state index contributed by atoms with van der Waals surface area (Å²) in [5, 5.41) is 10.4. The van der Waals surface area contributed by atoms with Crippen molar-refractivity contribution >= 4 is 5.96 Å². The summed E-state index contributed by atoms with van der Waals surface area (Å²) in [7, 11) is 1.91. The van der Waals surface area contributed by atoms with Crippen LogP contribution in [0.2, 0.25) is 0 Å². The van der Waals surface area contributed by atoms with Crippen molar-refractivity contribution in [2.75, 3.05) is 13.1 Å². The molecule has 2 N–H and O–H groups in total. The summed E-state index contributed by atoms with van der Waals surface area (Å²) in [6.45, 7) is 6.51. The molecule has 0 amide bonds. The van der Waals surface area contributed by atoms with Gasteiger partial charge in [-0.1, -0.05) is 0 Å². The molecule has 0 aromatic carbocycles. The highest BCUT2D eigenvalue weighted by atomic mass is 15.2. The minimum atomic E-state index is 0.656. The van der Waals surface area contributed by atoms with E-state index < -0.39 is 0 Å². The normalized spacial score (nSPS) is 9.80. The van der Waals surface area contributed by atoms with Crippen LogP contribution < -0.4 is 10.6 Å². The maximum atomic E-state index is 4.43. The lowest BCUT2D eigenvalue weighted by Gasteiger charge is -2.08. The molecule has 1 heterocycles. The third-order valence-electron chi connectivity index (χ3n) is 1.87. The predicted octanol–water partition coefficient (Wildman–Crippen LogP) is 0.495. The molecule has 0 radical (unpaired) electrons. The Morgan fingerprint density at radius 3 is 2.53 bits per heavy atom. The van der Waals surface area contributed by atoms with Gasteiger partial charge in [0.05, 0.1) is 12.7 Å². The second-order valence-corrected chi connectivity index (χ2v) is 3.25. The molecule has 0 bridgehead atoms. The van der Waals surface area contributed by atoms with Crippen LogP contribution in [-0.4, -0.2) is 28.8 Å². The van der Waals surface area contributed by atoms with E-state index in [1.165, 1.54) is 0 Å². The van der Waals surface area contributed by atoms with Crippen molar-refractivity contribution in [3.05, 3.63) is 18.0 Å². The van der Waals surface area contributed by atoms with Crippen LogP contribution in [0.4, 0.5) is 0 Å². The number of aliphatic imine (C=N–C) groups is 1. The van der Waals surface area contributed by atoms with Gasteiger partial charge in [-0.2, -0.15) is 5.10 Å². The second-order valence-electron chi connectivity index (χ2n) is 3.25. The van der Waals surface area contributed by atoms with E-state index in [2.05, 4.69) is 34.6 Å². The molecule has 1 aromatic heterocycles. The monoisotopic (exact) mass is 209 g/mol. The van der Waals surface area contributed by atoms with Crippen molar-refractivity contribution in [3.8, 4) is 0 Å². The molecule has 5 heteroatoms. The molecule has 0 unspecified atom stereocenters. The Balaban J connectivity index is 2.52. The molecule has 5 nitrogen and oxygen atoms in total. The molecule has 0 aliphatic heterocycles. The van der Waals surface area contributed by atoms with Gasteiger partial charge in [-0.3, -0.25) is 4.68 Å². The number of hydrogen-bond acceptors (Lipinski definition) is 2. The van der Waals surface area contributed by atoms with Crippen LogP contribution in [0.25, 0.3) is 0 Å². The molecular weight excluding hydrogens is 190 g/mol. The van der Waals surface area contributed by atoms with Gasteiger partial charge in [0, 0.05) is 31.9 Å². The first-order chi connectivity index (χ1) is 7.26. The first-order valence-corrected chi connectivity index (χ1v) is 5.26. The van der Waals surface area contributed by atoms with Crippen molar-refractivity contribution in [1.82, 2.24) is 20.4 Å². The lowest BCUT2D eigenvalue weighted by molar-refractivity contribution is 0.766. The van der Waals surface area contributed by atoms with Crippen LogP contribution in [0.3, 0.4) is 0 Å². The Morgan fingerprint density at radius 1 is 1.40 bits per heavy atom. The highest BCUT2D eigenvalue weighted by Crippen LogP contribution is 1.97. The standard InChI is InChI=1S/C10H19N5/c1-4-11-10(12-5-2)13-6-9-7-14-15(3)8-9/h7-8H,4-6H2,1-3H3,(H2,11,12,13). The van der Waals surface area contributed by atoms with E-state index >= 15 is 0 Å². The molecule has 0 spiro atoms. The van der Waals surface area contributed by atoms with E-state index in [9.17, 15) is 0 Å². The second kappa shape index (κ2) is 6.06. The highest BCUT2D eigenvalue weighted by Gasteiger charge is 1.96. The van der Waals surface area contributed by atoms with Crippen LogP contribution in [-0.2, 0) is 13.6 Å². The van der Waals surface area contributed by atoms with Crippen LogP contribution in [0.1, 0.15) is 19.4 Å². The molecular formula is C10H19N5. The zero-order valence-electron chi connectivity index (χ0n) is 9.62. The van der Waals surface area contributed by atoms with Gasteiger partial charge in [0.15, 0.2) is 5.96 Å². The summed E-state index contributed by atoms with van der Waals surface area (Å²) >= 11 is 0. The Morgan fingerprint density at radius 2 is 2.07 bits per heavy atom. The van der Waals surface area contributed by atoms with Crippen molar-refractivity contribution < 1.29 is 0 Å². The minimum absolute atomic E-state index is 0.656. The van der Waals surface area contributed by atoms with Crippen molar-refractivity contribution in [1.29, 1.82) is 0 Å². The first-order valence-electron chi connectivity index (χ1n) is 5.26. The van der Waals surface area contributed by atoms with E-state index in [0.717, 1.165) is 24.6 Å². The predicted molar refractivity (Wildman–Crippen MR) is 61.7 cm³/mol. The maximum Gasteiger partial charge on any atom is 0.191 e. The van der Waals surface area contributed by atoms with Gasteiger partial charge in [0.2, 0.25) is 0 Å². The molecule has 15 heavy (non-hydrogen) atoms. The molecule has 0 saturated heterocycles. The van der Waals surface area contributed by atoms with E-state index in [-0.39, 0.29) is 0 Å². The minimum Gasteiger partial charge on any atom is -0.357 e. The molecule has 1 aromatic rings. The SMILES string of the molecule is CCNC(=NCc1cnn(C)c1)NCC. The van der Waals surface area contributed by atoms with Gasteiger partial charge in [-0.25, -0.2) is 4.99 Å². The molecule has 0 aliphatic carbocycles. The van der Waals surface area contributed by atoms with Crippen LogP contribution in [0.5, 0.6) is 0 Å². The van der Waals surface area contributed by atoms with Gasteiger partial charge in [0.25, 0.3) is 0 Å². The molecule has 0 saturated carbocycles. The Bertz CT molecular complexity index is 307. The van der Waals surface area contributed by atoms with E-state index in [1.807, 2.05) is 19.4 Å². The fourth-order valence-electron chi connectivity index (χ4n) is 1.23. The van der Waals surface area contributed by atoms with Gasteiger partial charge in [0.1, 0.15) is 0 Å². The third-order valence-corrected chi connectivity index (χ3v) is 1.87. The number of rotatable bonds is 4. The fraction of sp³-hybridized carbons (Fsp3) is 0.600. The molecule has 84 valence electrons. The largest absolute Gasteiger partial charge is 0.357 e. The molecule has 0 fully saturated rings. The summed E-state index contributed by atoms with van der Waals surface area (Å²) in [6, 6.07) is 0. The molecule has 0 aliphatic rings. The van der Waals surface area contributed by atoms with Crippen molar-refractivity contribution in [3.63, 3.8) is 0 Å².